The second kappa shape index (κ2) is 3.89. The van der Waals surface area contributed by atoms with Gasteiger partial charge in [0.25, 0.3) is 0 Å². The van der Waals surface area contributed by atoms with Gasteiger partial charge in [-0.1, -0.05) is 24.3 Å². The van der Waals surface area contributed by atoms with Gasteiger partial charge in [0.05, 0.1) is 0 Å². The van der Waals surface area contributed by atoms with Crippen molar-refractivity contribution in [1.29, 1.82) is 0 Å². The first kappa shape index (κ1) is 10.3. The van der Waals surface area contributed by atoms with E-state index in [-0.39, 0.29) is 0 Å². The van der Waals surface area contributed by atoms with Gasteiger partial charge in [-0.15, -0.1) is 0 Å². The maximum Gasteiger partial charge on any atom is 0.0208 e. The van der Waals surface area contributed by atoms with Crippen LogP contribution in [0, 0.1) is 18.3 Å². The number of nitrogens with one attached hydrogen (secondary N) is 1. The van der Waals surface area contributed by atoms with Crippen LogP contribution in [-0.4, -0.2) is 6.54 Å². The molecule has 2 aliphatic carbocycles. The summed E-state index contributed by atoms with van der Waals surface area (Å²) in [7, 11) is 0. The van der Waals surface area contributed by atoms with Crippen LogP contribution in [0.3, 0.4) is 0 Å². The molecule has 16 heavy (non-hydrogen) atoms. The molecule has 2 fully saturated rings. The number of hydrogen-bond acceptors (Lipinski definition) is 1. The smallest absolute Gasteiger partial charge is 0.0208 e. The molecule has 1 N–H and O–H groups in total. The highest BCUT2D eigenvalue weighted by atomic mass is 14.9. The van der Waals surface area contributed by atoms with E-state index in [1.54, 1.807) is 0 Å². The molecule has 0 saturated heterocycles. The maximum absolute atomic E-state index is 3.67. The maximum atomic E-state index is 3.67. The lowest BCUT2D eigenvalue weighted by atomic mass is 10.0. The summed E-state index contributed by atoms with van der Waals surface area (Å²) in [6, 6.07) is 8.69. The van der Waals surface area contributed by atoms with Crippen molar-refractivity contribution in [2.24, 2.45) is 11.3 Å². The van der Waals surface area contributed by atoms with E-state index in [0.29, 0.717) is 0 Å². The summed E-state index contributed by atoms with van der Waals surface area (Å²) < 4.78 is 0. The number of rotatable bonds is 5. The zero-order valence-electron chi connectivity index (χ0n) is 10.1. The topological polar surface area (TPSA) is 12.0 Å². The first-order valence-electron chi connectivity index (χ1n) is 6.55. The van der Waals surface area contributed by atoms with Gasteiger partial charge in [-0.2, -0.15) is 0 Å². The van der Waals surface area contributed by atoms with Crippen LogP contribution in [0.2, 0.25) is 0 Å². The molecule has 0 atom stereocenters. The molecule has 0 amide bonds. The van der Waals surface area contributed by atoms with Gasteiger partial charge < -0.3 is 5.32 Å². The molecule has 0 aliphatic heterocycles. The quantitative estimate of drug-likeness (QED) is 0.795. The van der Waals surface area contributed by atoms with Crippen LogP contribution in [0.4, 0.5) is 0 Å². The SMILES string of the molecule is Cc1ccccc1CNCC1(C2CC2)CC1. The third kappa shape index (κ3) is 2.01. The van der Waals surface area contributed by atoms with Crippen LogP contribution in [0.5, 0.6) is 0 Å². The van der Waals surface area contributed by atoms with Crippen molar-refractivity contribution in [3.05, 3.63) is 35.4 Å². The van der Waals surface area contributed by atoms with Gasteiger partial charge in [0.2, 0.25) is 0 Å². The van der Waals surface area contributed by atoms with Crippen molar-refractivity contribution in [1.82, 2.24) is 5.32 Å². The summed E-state index contributed by atoms with van der Waals surface area (Å²) in [5.74, 6) is 1.07. The second-order valence-electron chi connectivity index (χ2n) is 5.67. The molecule has 1 aromatic rings. The fourth-order valence-corrected chi connectivity index (χ4v) is 2.84. The van der Waals surface area contributed by atoms with E-state index in [1.165, 1.54) is 43.4 Å². The van der Waals surface area contributed by atoms with Gasteiger partial charge in [0.1, 0.15) is 0 Å². The van der Waals surface area contributed by atoms with E-state index in [0.717, 1.165) is 17.9 Å². The van der Waals surface area contributed by atoms with Crippen LogP contribution in [0.1, 0.15) is 36.8 Å². The van der Waals surface area contributed by atoms with E-state index in [9.17, 15) is 0 Å². The van der Waals surface area contributed by atoms with Gasteiger partial charge in [-0.05, 0) is 55.1 Å². The van der Waals surface area contributed by atoms with Crippen LogP contribution in [0.25, 0.3) is 0 Å². The molecule has 0 unspecified atom stereocenters. The summed E-state index contributed by atoms with van der Waals surface area (Å²) in [4.78, 5) is 0. The number of hydrogen-bond donors (Lipinski definition) is 1. The average molecular weight is 215 g/mol. The van der Waals surface area contributed by atoms with E-state index in [4.69, 9.17) is 0 Å². The Bertz CT molecular complexity index is 375. The van der Waals surface area contributed by atoms with Crippen molar-refractivity contribution in [2.75, 3.05) is 6.54 Å². The Morgan fingerprint density at radius 3 is 2.62 bits per heavy atom. The lowest BCUT2D eigenvalue weighted by Gasteiger charge is -2.15. The molecule has 2 aliphatic rings. The van der Waals surface area contributed by atoms with Crippen molar-refractivity contribution in [3.8, 4) is 0 Å². The first-order valence-corrected chi connectivity index (χ1v) is 6.55. The Labute approximate surface area is 98.3 Å². The summed E-state index contributed by atoms with van der Waals surface area (Å²) in [5.41, 5.74) is 3.59. The summed E-state index contributed by atoms with van der Waals surface area (Å²) >= 11 is 0. The summed E-state index contributed by atoms with van der Waals surface area (Å²) in [6.07, 6.45) is 5.93. The highest BCUT2D eigenvalue weighted by Crippen LogP contribution is 2.60. The highest BCUT2D eigenvalue weighted by molar-refractivity contribution is 5.25. The van der Waals surface area contributed by atoms with E-state index < -0.39 is 0 Å². The standard InChI is InChI=1S/C15H21N/c1-12-4-2-3-5-13(12)10-16-11-15(8-9-15)14-6-7-14/h2-5,14,16H,6-11H2,1H3. The molecule has 2 saturated carbocycles. The van der Waals surface area contributed by atoms with E-state index in [2.05, 4.69) is 36.5 Å². The Morgan fingerprint density at radius 1 is 1.25 bits per heavy atom. The fourth-order valence-electron chi connectivity index (χ4n) is 2.84. The van der Waals surface area contributed by atoms with Crippen molar-refractivity contribution in [2.45, 2.75) is 39.2 Å². The minimum Gasteiger partial charge on any atom is -0.312 e. The average Bonchev–Trinajstić information content (AvgIpc) is 3.15. The van der Waals surface area contributed by atoms with E-state index >= 15 is 0 Å². The molecular weight excluding hydrogens is 194 g/mol. The summed E-state index contributed by atoms with van der Waals surface area (Å²) in [5, 5.41) is 3.67. The Morgan fingerprint density at radius 2 is 2.00 bits per heavy atom. The molecule has 0 spiro atoms. The van der Waals surface area contributed by atoms with Gasteiger partial charge in [-0.3, -0.25) is 0 Å². The number of benzene rings is 1. The predicted octanol–water partition coefficient (Wildman–Crippen LogP) is 3.27. The van der Waals surface area contributed by atoms with Crippen molar-refractivity contribution < 1.29 is 0 Å². The lowest BCUT2D eigenvalue weighted by molar-refractivity contribution is 0.403. The van der Waals surface area contributed by atoms with Gasteiger partial charge in [-0.25, -0.2) is 0 Å². The Hall–Kier alpha value is -0.820. The molecule has 1 nitrogen and oxygen atoms in total. The van der Waals surface area contributed by atoms with E-state index in [1.807, 2.05) is 0 Å². The van der Waals surface area contributed by atoms with Gasteiger partial charge in [0.15, 0.2) is 0 Å². The minimum atomic E-state index is 0.725. The fraction of sp³-hybridized carbons (Fsp3) is 0.600. The van der Waals surface area contributed by atoms with Crippen molar-refractivity contribution in [3.63, 3.8) is 0 Å². The van der Waals surface area contributed by atoms with Crippen LogP contribution < -0.4 is 5.32 Å². The normalized spacial score (nSPS) is 22.1. The first-order chi connectivity index (χ1) is 7.80. The zero-order chi connectivity index (χ0) is 11.0. The third-order valence-electron chi connectivity index (χ3n) is 4.39. The molecule has 0 heterocycles. The molecule has 1 aromatic carbocycles. The van der Waals surface area contributed by atoms with Crippen LogP contribution in [-0.2, 0) is 6.54 Å². The van der Waals surface area contributed by atoms with Crippen molar-refractivity contribution >= 4 is 0 Å². The Kier molecular flexibility index (Phi) is 2.51. The number of aryl methyl sites for hydroxylation is 1. The molecule has 0 radical (unpaired) electrons. The monoisotopic (exact) mass is 215 g/mol. The highest BCUT2D eigenvalue weighted by Gasteiger charge is 2.53. The second-order valence-corrected chi connectivity index (χ2v) is 5.67. The lowest BCUT2D eigenvalue weighted by Crippen LogP contribution is -2.25. The van der Waals surface area contributed by atoms with Crippen LogP contribution >= 0.6 is 0 Å². The molecule has 1 heteroatoms. The molecule has 0 bridgehead atoms. The van der Waals surface area contributed by atoms with Crippen LogP contribution in [0.15, 0.2) is 24.3 Å². The minimum absolute atomic E-state index is 0.725. The predicted molar refractivity (Wildman–Crippen MR) is 67.3 cm³/mol. The molecule has 86 valence electrons. The van der Waals surface area contributed by atoms with Gasteiger partial charge in [0, 0.05) is 13.1 Å². The summed E-state index contributed by atoms with van der Waals surface area (Å²) in [6.45, 7) is 4.48. The largest absolute Gasteiger partial charge is 0.312 e. The molecule has 3 rings (SSSR count). The zero-order valence-corrected chi connectivity index (χ0v) is 10.1. The Balaban J connectivity index is 1.52. The molecular formula is C15H21N. The van der Waals surface area contributed by atoms with Gasteiger partial charge >= 0.3 is 0 Å². The third-order valence-corrected chi connectivity index (χ3v) is 4.39. The molecule has 0 aromatic heterocycles.